The van der Waals surface area contributed by atoms with E-state index in [0.717, 1.165) is 22.9 Å². The summed E-state index contributed by atoms with van der Waals surface area (Å²) in [4.78, 5) is 16.3. The number of amides is 1. The second-order valence-corrected chi connectivity index (χ2v) is 5.68. The van der Waals surface area contributed by atoms with Crippen LogP contribution in [-0.2, 0) is 17.6 Å². The summed E-state index contributed by atoms with van der Waals surface area (Å²) < 4.78 is 13.5. The lowest BCUT2D eigenvalue weighted by Crippen LogP contribution is -2.26. The van der Waals surface area contributed by atoms with Crippen LogP contribution in [0, 0.1) is 5.82 Å². The first-order chi connectivity index (χ1) is 11.7. The summed E-state index contributed by atoms with van der Waals surface area (Å²) in [7, 11) is 0. The lowest BCUT2D eigenvalue weighted by Gasteiger charge is -2.08. The first kappa shape index (κ1) is 16.1. The van der Waals surface area contributed by atoms with Gasteiger partial charge in [0.05, 0.1) is 5.52 Å². The maximum Gasteiger partial charge on any atom is 0.220 e. The van der Waals surface area contributed by atoms with Crippen molar-refractivity contribution in [2.45, 2.75) is 19.3 Å². The van der Waals surface area contributed by atoms with Gasteiger partial charge in [0.1, 0.15) is 5.82 Å². The monoisotopic (exact) mass is 322 g/mol. The minimum atomic E-state index is -0.257. The molecule has 0 fully saturated rings. The van der Waals surface area contributed by atoms with Crippen LogP contribution in [0.3, 0.4) is 0 Å². The number of pyridine rings is 1. The van der Waals surface area contributed by atoms with Crippen molar-refractivity contribution in [2.24, 2.45) is 0 Å². The molecule has 0 atom stereocenters. The normalized spacial score (nSPS) is 10.7. The summed E-state index contributed by atoms with van der Waals surface area (Å²) in [5, 5.41) is 3.99. The molecule has 4 heteroatoms. The van der Waals surface area contributed by atoms with E-state index >= 15 is 0 Å². The molecule has 3 aromatic rings. The molecule has 2 aromatic carbocycles. The fourth-order valence-corrected chi connectivity index (χ4v) is 2.74. The summed E-state index contributed by atoms with van der Waals surface area (Å²) >= 11 is 0. The van der Waals surface area contributed by atoms with E-state index in [9.17, 15) is 9.18 Å². The molecule has 122 valence electrons. The highest BCUT2D eigenvalue weighted by Crippen LogP contribution is 2.16. The van der Waals surface area contributed by atoms with E-state index in [1.165, 1.54) is 6.07 Å². The number of hydrogen-bond acceptors (Lipinski definition) is 2. The number of fused-ring (bicyclic) bond motifs is 1. The van der Waals surface area contributed by atoms with Crippen molar-refractivity contribution < 1.29 is 9.18 Å². The third-order valence-electron chi connectivity index (χ3n) is 4.01. The van der Waals surface area contributed by atoms with Crippen molar-refractivity contribution in [3.8, 4) is 0 Å². The molecule has 1 aromatic heterocycles. The molecule has 0 bridgehead atoms. The molecule has 0 aliphatic rings. The molecule has 0 radical (unpaired) electrons. The molecular weight excluding hydrogens is 303 g/mol. The van der Waals surface area contributed by atoms with E-state index in [4.69, 9.17) is 0 Å². The number of para-hydroxylation sites is 1. The molecule has 24 heavy (non-hydrogen) atoms. The number of carbonyl (C=O) groups is 1. The van der Waals surface area contributed by atoms with Gasteiger partial charge in [0.15, 0.2) is 0 Å². The molecular formula is C20H19FN2O. The third kappa shape index (κ3) is 3.96. The SMILES string of the molecule is O=C(CCc1ccccc1F)NCCc1cccc2cccnc12. The molecule has 0 unspecified atom stereocenters. The summed E-state index contributed by atoms with van der Waals surface area (Å²) in [5.41, 5.74) is 2.66. The number of aryl methyl sites for hydroxylation is 1. The van der Waals surface area contributed by atoms with Crippen molar-refractivity contribution in [2.75, 3.05) is 6.54 Å². The van der Waals surface area contributed by atoms with Gasteiger partial charge >= 0.3 is 0 Å². The van der Waals surface area contributed by atoms with Crippen LogP contribution in [0.1, 0.15) is 17.5 Å². The van der Waals surface area contributed by atoms with Crippen LogP contribution in [0.5, 0.6) is 0 Å². The predicted octanol–water partition coefficient (Wildman–Crippen LogP) is 3.67. The summed E-state index contributed by atoms with van der Waals surface area (Å²) in [6.45, 7) is 0.547. The third-order valence-corrected chi connectivity index (χ3v) is 4.01. The van der Waals surface area contributed by atoms with Crippen LogP contribution in [0.25, 0.3) is 10.9 Å². The maximum atomic E-state index is 13.5. The number of aromatic nitrogens is 1. The molecule has 1 amide bonds. The second kappa shape index (κ2) is 7.68. The minimum absolute atomic E-state index is 0.0635. The fourth-order valence-electron chi connectivity index (χ4n) is 2.74. The van der Waals surface area contributed by atoms with Gasteiger partial charge in [0, 0.05) is 24.5 Å². The van der Waals surface area contributed by atoms with Gasteiger partial charge in [-0.2, -0.15) is 0 Å². The highest BCUT2D eigenvalue weighted by atomic mass is 19.1. The summed E-state index contributed by atoms with van der Waals surface area (Å²) in [6.07, 6.45) is 3.20. The van der Waals surface area contributed by atoms with Crippen molar-refractivity contribution in [1.82, 2.24) is 10.3 Å². The second-order valence-electron chi connectivity index (χ2n) is 5.68. The minimum Gasteiger partial charge on any atom is -0.356 e. The van der Waals surface area contributed by atoms with Crippen LogP contribution in [-0.4, -0.2) is 17.4 Å². The van der Waals surface area contributed by atoms with Crippen molar-refractivity contribution in [3.63, 3.8) is 0 Å². The number of nitrogens with zero attached hydrogens (tertiary/aromatic N) is 1. The van der Waals surface area contributed by atoms with E-state index in [2.05, 4.69) is 10.3 Å². The maximum absolute atomic E-state index is 13.5. The lowest BCUT2D eigenvalue weighted by molar-refractivity contribution is -0.121. The van der Waals surface area contributed by atoms with E-state index in [0.29, 0.717) is 18.5 Å². The largest absolute Gasteiger partial charge is 0.356 e. The quantitative estimate of drug-likeness (QED) is 0.752. The van der Waals surface area contributed by atoms with Gasteiger partial charge in [-0.3, -0.25) is 9.78 Å². The van der Waals surface area contributed by atoms with Gasteiger partial charge in [-0.1, -0.05) is 42.5 Å². The van der Waals surface area contributed by atoms with Crippen LogP contribution >= 0.6 is 0 Å². The van der Waals surface area contributed by atoms with Crippen molar-refractivity contribution in [1.29, 1.82) is 0 Å². The zero-order valence-corrected chi connectivity index (χ0v) is 13.3. The first-order valence-electron chi connectivity index (χ1n) is 8.07. The van der Waals surface area contributed by atoms with Crippen LogP contribution in [0.4, 0.5) is 4.39 Å². The Kier molecular flexibility index (Phi) is 5.16. The molecule has 0 aliphatic heterocycles. The predicted molar refractivity (Wildman–Crippen MR) is 93.2 cm³/mol. The van der Waals surface area contributed by atoms with E-state index in [1.807, 2.05) is 30.3 Å². The number of halogens is 1. The Morgan fingerprint density at radius 2 is 1.75 bits per heavy atom. The highest BCUT2D eigenvalue weighted by Gasteiger charge is 2.06. The lowest BCUT2D eigenvalue weighted by atomic mass is 10.1. The number of nitrogens with one attached hydrogen (secondary N) is 1. The van der Waals surface area contributed by atoms with Crippen molar-refractivity contribution in [3.05, 3.63) is 77.7 Å². The number of rotatable bonds is 6. The Balaban J connectivity index is 1.51. The summed E-state index contributed by atoms with van der Waals surface area (Å²) in [6, 6.07) is 16.6. The zero-order chi connectivity index (χ0) is 16.8. The van der Waals surface area contributed by atoms with E-state index in [1.54, 1.807) is 24.4 Å². The highest BCUT2D eigenvalue weighted by molar-refractivity contribution is 5.81. The average molecular weight is 322 g/mol. The van der Waals surface area contributed by atoms with E-state index < -0.39 is 0 Å². The molecule has 1 N–H and O–H groups in total. The van der Waals surface area contributed by atoms with Crippen LogP contribution < -0.4 is 5.32 Å². The molecule has 3 nitrogen and oxygen atoms in total. The van der Waals surface area contributed by atoms with Gasteiger partial charge in [-0.25, -0.2) is 4.39 Å². The van der Waals surface area contributed by atoms with Gasteiger partial charge in [0.25, 0.3) is 0 Å². The number of carbonyl (C=O) groups excluding carboxylic acids is 1. The van der Waals surface area contributed by atoms with E-state index in [-0.39, 0.29) is 18.1 Å². The fraction of sp³-hybridized carbons (Fsp3) is 0.200. The standard InChI is InChI=1S/C20H19FN2O/c21-18-9-2-1-5-15(18)10-11-19(24)22-14-12-17-7-3-6-16-8-4-13-23-20(16)17/h1-9,13H,10-12,14H2,(H,22,24). The average Bonchev–Trinajstić information content (AvgIpc) is 2.61. The van der Waals surface area contributed by atoms with Gasteiger partial charge < -0.3 is 5.32 Å². The molecule has 1 heterocycles. The molecule has 3 rings (SSSR count). The van der Waals surface area contributed by atoms with Crippen LogP contribution in [0.2, 0.25) is 0 Å². The Morgan fingerprint density at radius 1 is 0.958 bits per heavy atom. The first-order valence-corrected chi connectivity index (χ1v) is 8.07. The molecule has 0 saturated carbocycles. The van der Waals surface area contributed by atoms with Crippen LogP contribution in [0.15, 0.2) is 60.8 Å². The Hall–Kier alpha value is -2.75. The van der Waals surface area contributed by atoms with Crippen molar-refractivity contribution >= 4 is 16.8 Å². The summed E-state index contributed by atoms with van der Waals surface area (Å²) in [5.74, 6) is -0.321. The topological polar surface area (TPSA) is 42.0 Å². The molecule has 0 saturated heterocycles. The van der Waals surface area contributed by atoms with Gasteiger partial charge in [-0.05, 0) is 36.1 Å². The zero-order valence-electron chi connectivity index (χ0n) is 13.3. The number of benzene rings is 2. The Morgan fingerprint density at radius 3 is 2.62 bits per heavy atom. The molecule has 0 aliphatic carbocycles. The smallest absolute Gasteiger partial charge is 0.220 e. The van der Waals surface area contributed by atoms with Gasteiger partial charge in [-0.15, -0.1) is 0 Å². The number of hydrogen-bond donors (Lipinski definition) is 1. The Bertz CT molecular complexity index is 842. The Labute approximate surface area is 140 Å². The molecule has 0 spiro atoms. The van der Waals surface area contributed by atoms with Gasteiger partial charge in [0.2, 0.25) is 5.91 Å².